The molecule has 3 rings (SSSR count). The quantitative estimate of drug-likeness (QED) is 0.722. The van der Waals surface area contributed by atoms with Gasteiger partial charge in [-0.05, 0) is 18.6 Å². The maximum absolute atomic E-state index is 12.0. The van der Waals surface area contributed by atoms with E-state index in [9.17, 15) is 14.7 Å². The fourth-order valence-corrected chi connectivity index (χ4v) is 2.59. The van der Waals surface area contributed by atoms with Gasteiger partial charge in [-0.1, -0.05) is 18.2 Å². The zero-order valence-electron chi connectivity index (χ0n) is 10.3. The van der Waals surface area contributed by atoms with Crippen LogP contribution in [0.15, 0.2) is 41.6 Å². The Kier molecular flexibility index (Phi) is 2.93. The van der Waals surface area contributed by atoms with Gasteiger partial charge in [0.2, 0.25) is 5.91 Å². The van der Waals surface area contributed by atoms with Crippen LogP contribution in [0.25, 0.3) is 0 Å². The predicted molar refractivity (Wildman–Crippen MR) is 69.2 cm³/mol. The first-order chi connectivity index (χ1) is 9.18. The normalized spacial score (nSPS) is 27.4. The van der Waals surface area contributed by atoms with Crippen molar-refractivity contribution in [3.8, 4) is 0 Å². The zero-order chi connectivity index (χ0) is 13.4. The minimum atomic E-state index is -0.973. The number of nitrogens with zero attached hydrogens (tertiary/aromatic N) is 1. The number of rotatable bonds is 1. The van der Waals surface area contributed by atoms with Crippen molar-refractivity contribution in [3.05, 3.63) is 41.6 Å². The van der Waals surface area contributed by atoms with Crippen molar-refractivity contribution >= 4 is 17.4 Å². The summed E-state index contributed by atoms with van der Waals surface area (Å²) in [6, 6.07) is 9.20. The summed E-state index contributed by atoms with van der Waals surface area (Å²) in [4.78, 5) is 25.4. The Hall–Kier alpha value is -1.98. The lowest BCUT2D eigenvalue weighted by molar-refractivity contribution is -0.116. The molecule has 0 bridgehead atoms. The largest absolute Gasteiger partial charge is 0.374 e. The van der Waals surface area contributed by atoms with Gasteiger partial charge in [-0.3, -0.25) is 19.8 Å². The molecule has 1 unspecified atom stereocenters. The lowest BCUT2D eigenvalue weighted by Crippen LogP contribution is -2.28. The number of hydrogen-bond acceptors (Lipinski definition) is 4. The third-order valence-electron chi connectivity index (χ3n) is 3.45. The highest BCUT2D eigenvalue weighted by atomic mass is 16.3. The first-order valence-electron chi connectivity index (χ1n) is 6.24. The van der Waals surface area contributed by atoms with Crippen LogP contribution in [-0.2, 0) is 9.59 Å². The molecule has 1 aromatic rings. The number of nitrogens with one attached hydrogen (secondary N) is 1. The van der Waals surface area contributed by atoms with E-state index in [1.54, 1.807) is 4.90 Å². The minimum absolute atomic E-state index is 0.0411. The van der Waals surface area contributed by atoms with Gasteiger partial charge in [-0.15, -0.1) is 0 Å². The van der Waals surface area contributed by atoms with Gasteiger partial charge in [0.15, 0.2) is 5.78 Å². The summed E-state index contributed by atoms with van der Waals surface area (Å²) in [6.07, 6.45) is -0.110. The molecule has 2 saturated heterocycles. The van der Waals surface area contributed by atoms with Crippen molar-refractivity contribution in [1.29, 1.82) is 0 Å². The second-order valence-electron chi connectivity index (χ2n) is 4.63. The maximum Gasteiger partial charge on any atom is 0.231 e. The first-order valence-corrected chi connectivity index (χ1v) is 6.24. The number of aliphatic hydroxyl groups is 1. The molecule has 2 aliphatic rings. The molecule has 5 nitrogen and oxygen atoms in total. The topological polar surface area (TPSA) is 69.6 Å². The lowest BCUT2D eigenvalue weighted by atomic mass is 10.1. The van der Waals surface area contributed by atoms with Gasteiger partial charge in [-0.25, -0.2) is 0 Å². The molecule has 1 atom stereocenters. The van der Waals surface area contributed by atoms with E-state index >= 15 is 0 Å². The molecular weight excluding hydrogens is 244 g/mol. The van der Waals surface area contributed by atoms with Crippen LogP contribution in [0.5, 0.6) is 0 Å². The Morgan fingerprint density at radius 3 is 2.53 bits per heavy atom. The highest BCUT2D eigenvalue weighted by Gasteiger charge is 2.36. The van der Waals surface area contributed by atoms with Gasteiger partial charge in [0, 0.05) is 17.8 Å². The lowest BCUT2D eigenvalue weighted by Gasteiger charge is -2.20. The van der Waals surface area contributed by atoms with E-state index < -0.39 is 6.23 Å². The number of para-hydroxylation sites is 1. The molecule has 0 aliphatic carbocycles. The summed E-state index contributed by atoms with van der Waals surface area (Å²) >= 11 is 0. The summed E-state index contributed by atoms with van der Waals surface area (Å²) < 4.78 is 0. The number of ketones is 1. The SMILES string of the molecule is O=C1CNC(O)/C1=C1/CCC(=O)N1c1ccccc1. The van der Waals surface area contributed by atoms with Gasteiger partial charge in [0.1, 0.15) is 6.23 Å². The van der Waals surface area contributed by atoms with Crippen LogP contribution in [0.2, 0.25) is 0 Å². The van der Waals surface area contributed by atoms with Crippen LogP contribution in [0.4, 0.5) is 5.69 Å². The number of aliphatic hydroxyl groups excluding tert-OH is 1. The van der Waals surface area contributed by atoms with Crippen LogP contribution >= 0.6 is 0 Å². The average Bonchev–Trinajstić information content (AvgIpc) is 2.94. The number of allylic oxidation sites excluding steroid dienone is 1. The van der Waals surface area contributed by atoms with Crippen LogP contribution in [-0.4, -0.2) is 29.6 Å². The van der Waals surface area contributed by atoms with Crippen molar-refractivity contribution in [2.75, 3.05) is 11.4 Å². The summed E-state index contributed by atoms with van der Waals surface area (Å²) in [7, 11) is 0. The molecule has 0 spiro atoms. The highest BCUT2D eigenvalue weighted by Crippen LogP contribution is 2.33. The fourth-order valence-electron chi connectivity index (χ4n) is 2.59. The number of carbonyl (C=O) groups excluding carboxylic acids is 2. The van der Waals surface area contributed by atoms with E-state index in [1.165, 1.54) is 0 Å². The molecule has 2 heterocycles. The van der Waals surface area contributed by atoms with E-state index in [-0.39, 0.29) is 18.2 Å². The van der Waals surface area contributed by atoms with E-state index in [2.05, 4.69) is 5.32 Å². The van der Waals surface area contributed by atoms with E-state index in [0.717, 1.165) is 5.69 Å². The van der Waals surface area contributed by atoms with E-state index in [4.69, 9.17) is 0 Å². The molecule has 5 heteroatoms. The monoisotopic (exact) mass is 258 g/mol. The highest BCUT2D eigenvalue weighted by molar-refractivity contribution is 6.06. The van der Waals surface area contributed by atoms with Gasteiger partial charge in [-0.2, -0.15) is 0 Å². The third kappa shape index (κ3) is 1.97. The average molecular weight is 258 g/mol. The fraction of sp³-hybridized carbons (Fsp3) is 0.286. The van der Waals surface area contributed by atoms with Crippen molar-refractivity contribution in [1.82, 2.24) is 5.32 Å². The smallest absolute Gasteiger partial charge is 0.231 e. The maximum atomic E-state index is 12.0. The number of carbonyl (C=O) groups is 2. The van der Waals surface area contributed by atoms with Crippen LogP contribution in [0.3, 0.4) is 0 Å². The molecule has 1 amide bonds. The molecule has 2 aliphatic heterocycles. The zero-order valence-corrected chi connectivity index (χ0v) is 10.3. The van der Waals surface area contributed by atoms with Gasteiger partial charge in [0.05, 0.1) is 12.1 Å². The van der Waals surface area contributed by atoms with Crippen LogP contribution in [0, 0.1) is 0 Å². The summed E-state index contributed by atoms with van der Waals surface area (Å²) in [6.45, 7) is 0.122. The second-order valence-corrected chi connectivity index (χ2v) is 4.63. The Morgan fingerprint density at radius 2 is 1.89 bits per heavy atom. The number of hydrogen-bond donors (Lipinski definition) is 2. The standard InChI is InChI=1S/C14H14N2O3/c17-11-8-15-14(19)13(11)10-6-7-12(18)16(10)9-4-2-1-3-5-9/h1-5,14-15,19H,6-8H2/b13-10-. The Labute approximate surface area is 110 Å². The Balaban J connectivity index is 2.09. The number of anilines is 1. The summed E-state index contributed by atoms with van der Waals surface area (Å²) in [5.41, 5.74) is 1.69. The molecule has 0 aromatic heterocycles. The number of benzene rings is 1. The van der Waals surface area contributed by atoms with Crippen molar-refractivity contribution in [3.63, 3.8) is 0 Å². The molecule has 98 valence electrons. The molecule has 2 fully saturated rings. The predicted octanol–water partition coefficient (Wildman–Crippen LogP) is 0.558. The molecule has 0 saturated carbocycles. The minimum Gasteiger partial charge on any atom is -0.374 e. The summed E-state index contributed by atoms with van der Waals surface area (Å²) in [5, 5.41) is 12.5. The molecule has 2 N–H and O–H groups in total. The van der Waals surface area contributed by atoms with Crippen LogP contribution < -0.4 is 10.2 Å². The number of amides is 1. The van der Waals surface area contributed by atoms with Crippen molar-refractivity contribution in [2.24, 2.45) is 0 Å². The first kappa shape index (κ1) is 12.1. The van der Waals surface area contributed by atoms with E-state index in [1.807, 2.05) is 30.3 Å². The molecule has 1 aromatic carbocycles. The van der Waals surface area contributed by atoms with E-state index in [0.29, 0.717) is 24.1 Å². The van der Waals surface area contributed by atoms with Crippen molar-refractivity contribution in [2.45, 2.75) is 19.1 Å². The van der Waals surface area contributed by atoms with Gasteiger partial charge in [0.25, 0.3) is 0 Å². The molecule has 19 heavy (non-hydrogen) atoms. The third-order valence-corrected chi connectivity index (χ3v) is 3.45. The van der Waals surface area contributed by atoms with Gasteiger partial charge < -0.3 is 5.11 Å². The molecule has 0 radical (unpaired) electrons. The number of Topliss-reactive ketones (excluding diaryl/α,β-unsaturated/α-hetero) is 1. The Morgan fingerprint density at radius 1 is 1.16 bits per heavy atom. The van der Waals surface area contributed by atoms with Crippen LogP contribution in [0.1, 0.15) is 12.8 Å². The van der Waals surface area contributed by atoms with Gasteiger partial charge >= 0.3 is 0 Å². The Bertz CT molecular complexity index is 565. The van der Waals surface area contributed by atoms with Crippen molar-refractivity contribution < 1.29 is 14.7 Å². The second kappa shape index (κ2) is 4.60. The summed E-state index contributed by atoms with van der Waals surface area (Å²) in [5.74, 6) is -0.182. The molecular formula is C14H14N2O3.